The highest BCUT2D eigenvalue weighted by atomic mass is 32.5. The number of halogens is 5. The van der Waals surface area contributed by atoms with Crippen LogP contribution in [0.1, 0.15) is 5.56 Å². The molecule has 0 aliphatic heterocycles. The van der Waals surface area contributed by atoms with E-state index >= 15 is 0 Å². The standard InChI is InChI=1S/C10H9F5S/c11-16(12,13,14,15)9-5-4-8-10-6-2-1-3-7-10/h1-9H/b8-4+,9-5+. The van der Waals surface area contributed by atoms with Crippen LogP contribution in [-0.4, -0.2) is 0 Å². The van der Waals surface area contributed by atoms with Crippen molar-refractivity contribution in [1.29, 1.82) is 0 Å². The summed E-state index contributed by atoms with van der Waals surface area (Å²) in [5.41, 5.74) is 0.634. The van der Waals surface area contributed by atoms with Gasteiger partial charge in [0.15, 0.2) is 0 Å². The van der Waals surface area contributed by atoms with Gasteiger partial charge in [0.05, 0.1) is 5.41 Å². The van der Waals surface area contributed by atoms with E-state index in [0.717, 1.165) is 6.08 Å². The maximum Gasteiger partial charge on any atom is 0.304 e. The molecule has 0 saturated heterocycles. The molecule has 0 bridgehead atoms. The second-order valence-corrected chi connectivity index (χ2v) is 5.46. The third-order valence-electron chi connectivity index (χ3n) is 1.54. The Morgan fingerprint density at radius 3 is 1.88 bits per heavy atom. The summed E-state index contributed by atoms with van der Waals surface area (Å²) < 4.78 is 59.1. The molecule has 1 aromatic rings. The molecule has 0 aliphatic rings. The monoisotopic (exact) mass is 256 g/mol. The van der Waals surface area contributed by atoms with Crippen molar-refractivity contribution < 1.29 is 19.4 Å². The van der Waals surface area contributed by atoms with Crippen molar-refractivity contribution in [3.63, 3.8) is 0 Å². The average molecular weight is 256 g/mol. The lowest BCUT2D eigenvalue weighted by Crippen LogP contribution is -1.98. The van der Waals surface area contributed by atoms with Crippen molar-refractivity contribution in [3.05, 3.63) is 53.5 Å². The van der Waals surface area contributed by atoms with E-state index in [1.54, 1.807) is 30.3 Å². The van der Waals surface area contributed by atoms with Gasteiger partial charge >= 0.3 is 10.2 Å². The molecule has 0 nitrogen and oxygen atoms in total. The van der Waals surface area contributed by atoms with E-state index < -0.39 is 15.6 Å². The van der Waals surface area contributed by atoms with Gasteiger partial charge in [0.2, 0.25) is 0 Å². The molecule has 0 aromatic heterocycles. The summed E-state index contributed by atoms with van der Waals surface area (Å²) >= 11 is 0. The van der Waals surface area contributed by atoms with Crippen LogP contribution in [0.2, 0.25) is 0 Å². The predicted octanol–water partition coefficient (Wildman–Crippen LogP) is 5.51. The van der Waals surface area contributed by atoms with Crippen molar-refractivity contribution in [3.8, 4) is 0 Å². The number of benzene rings is 1. The summed E-state index contributed by atoms with van der Waals surface area (Å²) in [6, 6.07) is 8.40. The first-order chi connectivity index (χ1) is 7.05. The fraction of sp³-hybridized carbons (Fsp3) is 0. The Kier molecular flexibility index (Phi) is 2.67. The second kappa shape index (κ2) is 3.35. The summed E-state index contributed by atoms with van der Waals surface area (Å²) in [5, 5.41) is -0.973. The van der Waals surface area contributed by atoms with Crippen molar-refractivity contribution in [2.24, 2.45) is 0 Å². The molecule has 0 saturated carbocycles. The zero-order valence-corrected chi connectivity index (χ0v) is 8.81. The molecule has 0 unspecified atom stereocenters. The molecule has 0 amide bonds. The normalized spacial score (nSPS) is 17.6. The number of allylic oxidation sites excluding steroid dienone is 2. The highest BCUT2D eigenvalue weighted by Crippen LogP contribution is 2.98. The van der Waals surface area contributed by atoms with Gasteiger partial charge in [-0.2, -0.15) is 0 Å². The first-order valence-corrected chi connectivity index (χ1v) is 6.22. The Hall–Kier alpha value is -1.30. The number of hydrogen-bond acceptors (Lipinski definition) is 0. The molecular formula is C10H9F5S. The fourth-order valence-electron chi connectivity index (χ4n) is 0.925. The summed E-state index contributed by atoms with van der Waals surface area (Å²) in [4.78, 5) is 0. The minimum Gasteiger partial charge on any atom is -0.0942 e. The molecule has 1 rings (SSSR count). The minimum absolute atomic E-state index is 0.300. The molecule has 0 heterocycles. The molecule has 16 heavy (non-hydrogen) atoms. The highest BCUT2D eigenvalue weighted by Gasteiger charge is 2.60. The Morgan fingerprint density at radius 1 is 0.812 bits per heavy atom. The molecule has 6 heteroatoms. The molecule has 0 radical (unpaired) electrons. The van der Waals surface area contributed by atoms with Gasteiger partial charge in [0, 0.05) is 0 Å². The highest BCUT2D eigenvalue weighted by molar-refractivity contribution is 8.48. The Bertz CT molecular complexity index is 415. The lowest BCUT2D eigenvalue weighted by atomic mass is 10.2. The molecule has 0 fully saturated rings. The molecule has 0 spiro atoms. The average Bonchev–Trinajstić information content (AvgIpc) is 2.11. The van der Waals surface area contributed by atoms with Crippen molar-refractivity contribution in [1.82, 2.24) is 0 Å². The molecule has 0 aliphatic carbocycles. The quantitative estimate of drug-likeness (QED) is 0.494. The summed E-state index contributed by atoms with van der Waals surface area (Å²) in [7, 11) is -9.42. The first-order valence-electron chi connectivity index (χ1n) is 4.21. The maximum atomic E-state index is 11.8. The Labute approximate surface area is 89.8 Å². The lowest BCUT2D eigenvalue weighted by Gasteiger charge is -2.36. The van der Waals surface area contributed by atoms with Crippen molar-refractivity contribution in [2.75, 3.05) is 0 Å². The van der Waals surface area contributed by atoms with Crippen LogP contribution in [0.15, 0.2) is 47.9 Å². The molecule has 90 valence electrons. The summed E-state index contributed by atoms with van der Waals surface area (Å²) in [6.45, 7) is 0. The maximum absolute atomic E-state index is 11.8. The van der Waals surface area contributed by atoms with Gasteiger partial charge in [0.25, 0.3) is 0 Å². The Balaban J connectivity index is 2.74. The van der Waals surface area contributed by atoms with E-state index in [2.05, 4.69) is 0 Å². The van der Waals surface area contributed by atoms with E-state index in [1.165, 1.54) is 6.08 Å². The van der Waals surface area contributed by atoms with E-state index in [1.807, 2.05) is 0 Å². The molecule has 1 aromatic carbocycles. The van der Waals surface area contributed by atoms with Gasteiger partial charge in [-0.1, -0.05) is 61.9 Å². The summed E-state index contributed by atoms with van der Waals surface area (Å²) in [5.74, 6) is 0. The SMILES string of the molecule is FS(F)(F)(F)(F)/C=C/C=C/c1ccccc1. The topological polar surface area (TPSA) is 0 Å². The van der Waals surface area contributed by atoms with Gasteiger partial charge in [-0.25, -0.2) is 0 Å². The van der Waals surface area contributed by atoms with Crippen LogP contribution in [0, 0.1) is 0 Å². The van der Waals surface area contributed by atoms with Gasteiger partial charge in [0.1, 0.15) is 0 Å². The molecule has 0 atom stereocenters. The summed E-state index contributed by atoms with van der Waals surface area (Å²) in [6.07, 6.45) is 2.53. The van der Waals surface area contributed by atoms with Crippen LogP contribution in [0.4, 0.5) is 19.4 Å². The first kappa shape index (κ1) is 12.8. The number of rotatable bonds is 3. The molecular weight excluding hydrogens is 247 g/mol. The van der Waals surface area contributed by atoms with E-state index in [-0.39, 0.29) is 0 Å². The van der Waals surface area contributed by atoms with Crippen LogP contribution < -0.4 is 0 Å². The number of hydrogen-bond donors (Lipinski definition) is 0. The van der Waals surface area contributed by atoms with E-state index in [0.29, 0.717) is 11.6 Å². The third-order valence-corrected chi connectivity index (χ3v) is 2.21. The zero-order valence-electron chi connectivity index (χ0n) is 7.99. The fourth-order valence-corrected chi connectivity index (χ4v) is 1.31. The Morgan fingerprint density at radius 2 is 1.38 bits per heavy atom. The van der Waals surface area contributed by atoms with E-state index in [4.69, 9.17) is 0 Å². The van der Waals surface area contributed by atoms with Crippen LogP contribution in [0.3, 0.4) is 0 Å². The second-order valence-electron chi connectivity index (χ2n) is 3.13. The smallest absolute Gasteiger partial charge is 0.0942 e. The van der Waals surface area contributed by atoms with Gasteiger partial charge in [-0.3, -0.25) is 0 Å². The third kappa shape index (κ3) is 6.23. The minimum atomic E-state index is -9.42. The molecule has 0 N–H and O–H groups in total. The van der Waals surface area contributed by atoms with Gasteiger partial charge in [-0.15, -0.1) is 0 Å². The largest absolute Gasteiger partial charge is 0.304 e. The van der Waals surface area contributed by atoms with Crippen LogP contribution >= 0.6 is 10.2 Å². The van der Waals surface area contributed by atoms with Crippen molar-refractivity contribution >= 4 is 16.3 Å². The van der Waals surface area contributed by atoms with Crippen LogP contribution in [0.5, 0.6) is 0 Å². The van der Waals surface area contributed by atoms with Crippen LogP contribution in [-0.2, 0) is 0 Å². The lowest BCUT2D eigenvalue weighted by molar-refractivity contribution is 0.384. The van der Waals surface area contributed by atoms with Crippen LogP contribution in [0.25, 0.3) is 6.08 Å². The zero-order chi connectivity index (χ0) is 12.3. The van der Waals surface area contributed by atoms with Gasteiger partial charge < -0.3 is 0 Å². The predicted molar refractivity (Wildman–Crippen MR) is 57.7 cm³/mol. The van der Waals surface area contributed by atoms with Gasteiger partial charge in [-0.05, 0) is 11.6 Å². The van der Waals surface area contributed by atoms with Crippen molar-refractivity contribution in [2.45, 2.75) is 0 Å². The van der Waals surface area contributed by atoms with E-state index in [9.17, 15) is 19.4 Å².